The molecule has 2 aliphatic heterocycles. The summed E-state index contributed by atoms with van der Waals surface area (Å²) in [5, 5.41) is 6.69. The summed E-state index contributed by atoms with van der Waals surface area (Å²) in [5.74, 6) is -2.45. The first-order valence-corrected chi connectivity index (χ1v) is 12.9. The molecule has 11 heteroatoms. The number of hydrogen-bond acceptors (Lipinski definition) is 6. The summed E-state index contributed by atoms with van der Waals surface area (Å²) in [7, 11) is 0. The lowest BCUT2D eigenvalue weighted by atomic mass is 9.79. The van der Waals surface area contributed by atoms with Crippen LogP contribution in [-0.2, 0) is 10.2 Å². The molecule has 0 aromatic carbocycles. The Morgan fingerprint density at radius 1 is 1.23 bits per heavy atom. The molecule has 2 saturated heterocycles. The molecule has 1 N–H and O–H groups in total. The van der Waals surface area contributed by atoms with Gasteiger partial charge >= 0.3 is 6.03 Å². The van der Waals surface area contributed by atoms with Gasteiger partial charge in [0.25, 0.3) is 5.92 Å². The fourth-order valence-electron chi connectivity index (χ4n) is 5.40. The topological polar surface area (TPSA) is 83.7 Å². The number of carbonyl (C=O) groups excluding carboxylic acids is 1. The number of rotatable bonds is 6. The second-order valence-electron chi connectivity index (χ2n) is 11.3. The zero-order chi connectivity index (χ0) is 25.0. The third-order valence-electron chi connectivity index (χ3n) is 8.24. The molecule has 3 heterocycles. The number of nitrogens with zero attached hydrogens (tertiary/aromatic N) is 4. The molecule has 0 unspecified atom stereocenters. The Bertz CT molecular complexity index is 914. The first kappa shape index (κ1) is 24.8. The number of urea groups is 1. The van der Waals surface area contributed by atoms with E-state index >= 15 is 0 Å². The first-order valence-electron chi connectivity index (χ1n) is 12.9. The average Bonchev–Trinajstić information content (AvgIpc) is 3.28. The van der Waals surface area contributed by atoms with Crippen molar-refractivity contribution in [3.8, 4) is 0 Å². The number of nitrogens with one attached hydrogen (secondary N) is 1. The lowest BCUT2D eigenvalue weighted by Gasteiger charge is -2.46. The van der Waals surface area contributed by atoms with Gasteiger partial charge in [-0.3, -0.25) is 4.90 Å². The molecule has 1 aromatic rings. The van der Waals surface area contributed by atoms with Crippen LogP contribution in [0.25, 0.3) is 0 Å². The molecule has 1 aromatic heterocycles. The van der Waals surface area contributed by atoms with Gasteiger partial charge < -0.3 is 19.5 Å². The van der Waals surface area contributed by atoms with E-state index < -0.39 is 35.7 Å². The molecule has 196 valence electrons. The van der Waals surface area contributed by atoms with Crippen LogP contribution in [0.5, 0.6) is 0 Å². The van der Waals surface area contributed by atoms with Crippen LogP contribution in [0.2, 0.25) is 0 Å². The minimum absolute atomic E-state index is 0.0745. The minimum atomic E-state index is -3.01. The van der Waals surface area contributed by atoms with Crippen molar-refractivity contribution in [2.45, 2.75) is 107 Å². The Labute approximate surface area is 203 Å². The van der Waals surface area contributed by atoms with Crippen molar-refractivity contribution in [3.63, 3.8) is 0 Å². The SMILES string of the molecule is CC(C)N1CC(O[C@H]2CCCC(F)(F)[C@@H]2NC(=O)N2CCC(C)(c3noc([C@@H]4C[C@@H]4F)n3)CC2)C1. The van der Waals surface area contributed by atoms with E-state index in [0.29, 0.717) is 63.0 Å². The summed E-state index contributed by atoms with van der Waals surface area (Å²) in [4.78, 5) is 21.2. The quantitative estimate of drug-likeness (QED) is 0.644. The van der Waals surface area contributed by atoms with Crippen molar-refractivity contribution in [2.24, 2.45) is 0 Å². The molecule has 4 atom stereocenters. The van der Waals surface area contributed by atoms with Gasteiger partial charge in [0, 0.05) is 44.1 Å². The predicted octanol–water partition coefficient (Wildman–Crippen LogP) is 3.62. The van der Waals surface area contributed by atoms with Gasteiger partial charge in [0.2, 0.25) is 5.89 Å². The molecule has 0 radical (unpaired) electrons. The number of amides is 2. The maximum atomic E-state index is 14.9. The second-order valence-corrected chi connectivity index (χ2v) is 11.3. The van der Waals surface area contributed by atoms with Crippen LogP contribution in [0, 0.1) is 0 Å². The number of aromatic nitrogens is 2. The highest BCUT2D eigenvalue weighted by Crippen LogP contribution is 2.44. The number of ether oxygens (including phenoxy) is 1. The zero-order valence-corrected chi connectivity index (χ0v) is 20.7. The zero-order valence-electron chi connectivity index (χ0n) is 20.7. The fraction of sp³-hybridized carbons (Fsp3) is 0.875. The van der Waals surface area contributed by atoms with Crippen LogP contribution in [0.15, 0.2) is 4.52 Å². The lowest BCUT2D eigenvalue weighted by molar-refractivity contribution is -0.167. The standard InChI is InChI=1S/C24H36F3N5O3/c1-14(2)32-12-15(13-32)34-18-5-4-6-24(26,27)19(18)28-22(33)31-9-7-23(3,8-10-31)21-29-20(35-30-21)16-11-17(16)25/h14-19H,4-13H2,1-3H3,(H,28,33)/t16-,17+,18+,19-/m1/s1. The molecule has 2 aliphatic carbocycles. The summed E-state index contributed by atoms with van der Waals surface area (Å²) in [6.07, 6.45) is 0.506. The Balaban J connectivity index is 1.17. The first-order chi connectivity index (χ1) is 16.6. The van der Waals surface area contributed by atoms with Crippen molar-refractivity contribution in [1.82, 2.24) is 25.3 Å². The van der Waals surface area contributed by atoms with E-state index in [4.69, 9.17) is 9.26 Å². The molecule has 8 nitrogen and oxygen atoms in total. The smallest absolute Gasteiger partial charge is 0.317 e. The molecule has 35 heavy (non-hydrogen) atoms. The van der Waals surface area contributed by atoms with E-state index in [0.717, 1.165) is 13.1 Å². The van der Waals surface area contributed by atoms with E-state index in [9.17, 15) is 18.0 Å². The van der Waals surface area contributed by atoms with Gasteiger partial charge in [-0.05, 0) is 46.0 Å². The molecule has 5 rings (SSSR count). The fourth-order valence-corrected chi connectivity index (χ4v) is 5.40. The maximum absolute atomic E-state index is 14.9. The molecular formula is C24H36F3N5O3. The number of hydrogen-bond donors (Lipinski definition) is 1. The summed E-state index contributed by atoms with van der Waals surface area (Å²) >= 11 is 0. The average molecular weight is 500 g/mol. The third-order valence-corrected chi connectivity index (χ3v) is 8.24. The molecule has 2 saturated carbocycles. The molecule has 0 bridgehead atoms. The van der Waals surface area contributed by atoms with Crippen molar-refractivity contribution < 1.29 is 27.2 Å². The normalized spacial score (nSPS) is 32.9. The number of likely N-dealkylation sites (tertiary alicyclic amines) is 2. The van der Waals surface area contributed by atoms with Crippen LogP contribution in [0.1, 0.15) is 76.9 Å². The van der Waals surface area contributed by atoms with Crippen molar-refractivity contribution in [1.29, 1.82) is 0 Å². The van der Waals surface area contributed by atoms with Gasteiger partial charge in [0.1, 0.15) is 12.2 Å². The monoisotopic (exact) mass is 499 g/mol. The second kappa shape index (κ2) is 9.21. The summed E-state index contributed by atoms with van der Waals surface area (Å²) < 4.78 is 54.4. The van der Waals surface area contributed by atoms with E-state index in [1.807, 2.05) is 6.92 Å². The van der Waals surface area contributed by atoms with Gasteiger partial charge in [-0.15, -0.1) is 0 Å². The predicted molar refractivity (Wildman–Crippen MR) is 121 cm³/mol. The largest absolute Gasteiger partial charge is 0.370 e. The van der Waals surface area contributed by atoms with Crippen LogP contribution in [0.4, 0.5) is 18.0 Å². The Kier molecular flexibility index (Phi) is 6.52. The molecule has 4 aliphatic rings. The van der Waals surface area contributed by atoms with Crippen LogP contribution in [-0.4, -0.2) is 88.5 Å². The van der Waals surface area contributed by atoms with E-state index in [1.165, 1.54) is 0 Å². The van der Waals surface area contributed by atoms with Crippen LogP contribution < -0.4 is 5.32 Å². The van der Waals surface area contributed by atoms with Crippen molar-refractivity contribution >= 4 is 6.03 Å². The van der Waals surface area contributed by atoms with Gasteiger partial charge in [0.05, 0.1) is 18.1 Å². The van der Waals surface area contributed by atoms with Gasteiger partial charge in [-0.25, -0.2) is 18.0 Å². The van der Waals surface area contributed by atoms with E-state index in [2.05, 4.69) is 34.2 Å². The van der Waals surface area contributed by atoms with Crippen molar-refractivity contribution in [3.05, 3.63) is 11.7 Å². The number of piperidine rings is 1. The van der Waals surface area contributed by atoms with Gasteiger partial charge in [0.15, 0.2) is 5.82 Å². The maximum Gasteiger partial charge on any atom is 0.317 e. The summed E-state index contributed by atoms with van der Waals surface area (Å²) in [6.45, 7) is 8.43. The molecule has 0 spiro atoms. The highest BCUT2D eigenvalue weighted by molar-refractivity contribution is 5.75. The van der Waals surface area contributed by atoms with Crippen LogP contribution in [0.3, 0.4) is 0 Å². The van der Waals surface area contributed by atoms with Crippen molar-refractivity contribution in [2.75, 3.05) is 26.2 Å². The highest BCUT2D eigenvalue weighted by Gasteiger charge is 2.51. The molecule has 2 amide bonds. The Hall–Kier alpha value is -1.88. The number of halogens is 3. The molecule has 4 fully saturated rings. The summed E-state index contributed by atoms with van der Waals surface area (Å²) in [5.41, 5.74) is -0.411. The summed E-state index contributed by atoms with van der Waals surface area (Å²) in [6, 6.07) is -1.43. The highest BCUT2D eigenvalue weighted by atomic mass is 19.3. The lowest BCUT2D eigenvalue weighted by Crippen LogP contribution is -2.63. The minimum Gasteiger partial charge on any atom is -0.370 e. The van der Waals surface area contributed by atoms with Gasteiger partial charge in [-0.1, -0.05) is 12.1 Å². The Morgan fingerprint density at radius 2 is 1.91 bits per heavy atom. The van der Waals surface area contributed by atoms with Crippen LogP contribution >= 0.6 is 0 Å². The third kappa shape index (κ3) is 5.03. The van der Waals surface area contributed by atoms with E-state index in [1.54, 1.807) is 4.90 Å². The number of carbonyl (C=O) groups is 1. The number of alkyl halides is 3. The van der Waals surface area contributed by atoms with E-state index in [-0.39, 0.29) is 18.4 Å². The van der Waals surface area contributed by atoms with Gasteiger partial charge in [-0.2, -0.15) is 4.98 Å². The molecular weight excluding hydrogens is 463 g/mol. The Morgan fingerprint density at radius 3 is 2.54 bits per heavy atom.